The zero-order valence-corrected chi connectivity index (χ0v) is 11.1. The average molecular weight is 277 g/mol. The van der Waals surface area contributed by atoms with Gasteiger partial charge in [0.1, 0.15) is 12.4 Å². The van der Waals surface area contributed by atoms with Crippen molar-refractivity contribution in [2.45, 2.75) is 19.9 Å². The van der Waals surface area contributed by atoms with Crippen molar-refractivity contribution in [1.29, 1.82) is 0 Å². The van der Waals surface area contributed by atoms with E-state index < -0.39 is 5.82 Å². The van der Waals surface area contributed by atoms with E-state index in [9.17, 15) is 9.18 Å². The Balaban J connectivity index is 1.99. The molecule has 1 aromatic carbocycles. The lowest BCUT2D eigenvalue weighted by atomic mass is 10.2. The maximum Gasteiger partial charge on any atom is 0.246 e. The lowest BCUT2D eigenvalue weighted by Gasteiger charge is -2.08. The Morgan fingerprint density at radius 1 is 1.50 bits per heavy atom. The van der Waals surface area contributed by atoms with Gasteiger partial charge < -0.3 is 11.1 Å². The molecule has 1 heterocycles. The van der Waals surface area contributed by atoms with Crippen molar-refractivity contribution in [1.82, 2.24) is 15.0 Å². The summed E-state index contributed by atoms with van der Waals surface area (Å²) < 4.78 is 14.5. The van der Waals surface area contributed by atoms with Crippen molar-refractivity contribution in [3.63, 3.8) is 0 Å². The third kappa shape index (κ3) is 3.61. The molecule has 0 saturated carbocycles. The van der Waals surface area contributed by atoms with E-state index in [1.807, 2.05) is 0 Å². The van der Waals surface area contributed by atoms with Gasteiger partial charge in [-0.3, -0.25) is 4.79 Å². The summed E-state index contributed by atoms with van der Waals surface area (Å²) in [5.41, 5.74) is 7.40. The number of anilines is 1. The molecule has 2 rings (SSSR count). The van der Waals surface area contributed by atoms with Gasteiger partial charge in [0.05, 0.1) is 5.69 Å². The summed E-state index contributed by atoms with van der Waals surface area (Å²) in [5, 5.41) is 10.4. The number of hydrogen-bond donors (Lipinski definition) is 2. The fraction of sp³-hybridized carbons (Fsp3) is 0.308. The maximum atomic E-state index is 13.1. The number of rotatable bonds is 5. The molecule has 0 fully saturated rings. The SMILES string of the molecule is Cc1ccc(F)cc1NC(=O)Cn1cc(CCN)nn1. The molecule has 3 N–H and O–H groups in total. The second-order valence-corrected chi connectivity index (χ2v) is 4.45. The van der Waals surface area contributed by atoms with E-state index >= 15 is 0 Å². The van der Waals surface area contributed by atoms with Crippen molar-refractivity contribution in [2.24, 2.45) is 5.73 Å². The molecule has 0 bridgehead atoms. The largest absolute Gasteiger partial charge is 0.330 e. The Morgan fingerprint density at radius 2 is 2.30 bits per heavy atom. The fourth-order valence-corrected chi connectivity index (χ4v) is 1.74. The first-order valence-electron chi connectivity index (χ1n) is 6.23. The maximum absolute atomic E-state index is 13.1. The highest BCUT2D eigenvalue weighted by Gasteiger charge is 2.08. The average Bonchev–Trinajstić information content (AvgIpc) is 2.81. The predicted octanol–water partition coefficient (Wildman–Crippen LogP) is 0.866. The standard InChI is InChI=1S/C13H16FN5O/c1-9-2-3-10(14)6-12(9)16-13(20)8-19-7-11(4-5-15)17-18-19/h2-3,6-7H,4-5,8,15H2,1H3,(H,16,20). The number of aryl methyl sites for hydroxylation is 1. The van der Waals surface area contributed by atoms with Crippen LogP contribution in [0.4, 0.5) is 10.1 Å². The summed E-state index contributed by atoms with van der Waals surface area (Å²) in [6, 6.07) is 4.25. The van der Waals surface area contributed by atoms with Crippen LogP contribution in [0.5, 0.6) is 0 Å². The van der Waals surface area contributed by atoms with Gasteiger partial charge in [0.15, 0.2) is 0 Å². The normalized spacial score (nSPS) is 10.6. The molecule has 0 radical (unpaired) electrons. The van der Waals surface area contributed by atoms with Crippen LogP contribution >= 0.6 is 0 Å². The van der Waals surface area contributed by atoms with Crippen LogP contribution in [0, 0.1) is 12.7 Å². The van der Waals surface area contributed by atoms with Crippen molar-refractivity contribution in [3.05, 3.63) is 41.5 Å². The Morgan fingerprint density at radius 3 is 3.05 bits per heavy atom. The van der Waals surface area contributed by atoms with E-state index in [1.165, 1.54) is 16.8 Å². The number of nitrogens with zero attached hydrogens (tertiary/aromatic N) is 3. The molecule has 0 spiro atoms. The van der Waals surface area contributed by atoms with Crippen LogP contribution in [-0.4, -0.2) is 27.4 Å². The highest BCUT2D eigenvalue weighted by atomic mass is 19.1. The summed E-state index contributed by atoms with van der Waals surface area (Å²) in [4.78, 5) is 11.9. The van der Waals surface area contributed by atoms with Crippen molar-refractivity contribution < 1.29 is 9.18 Å². The number of halogens is 1. The number of hydrogen-bond acceptors (Lipinski definition) is 4. The smallest absolute Gasteiger partial charge is 0.246 e. The van der Waals surface area contributed by atoms with Gasteiger partial charge in [-0.1, -0.05) is 11.3 Å². The fourth-order valence-electron chi connectivity index (χ4n) is 1.74. The van der Waals surface area contributed by atoms with Crippen LogP contribution in [0.25, 0.3) is 0 Å². The minimum atomic E-state index is -0.392. The highest BCUT2D eigenvalue weighted by Crippen LogP contribution is 2.15. The van der Waals surface area contributed by atoms with Crippen molar-refractivity contribution in [2.75, 3.05) is 11.9 Å². The number of carbonyl (C=O) groups excluding carboxylic acids is 1. The number of carbonyl (C=O) groups is 1. The van der Waals surface area contributed by atoms with E-state index in [2.05, 4.69) is 15.6 Å². The molecule has 0 unspecified atom stereocenters. The predicted molar refractivity (Wildman–Crippen MR) is 72.5 cm³/mol. The molecular weight excluding hydrogens is 261 g/mol. The van der Waals surface area contributed by atoms with Crippen LogP contribution < -0.4 is 11.1 Å². The molecule has 20 heavy (non-hydrogen) atoms. The van der Waals surface area contributed by atoms with Gasteiger partial charge in [-0.05, 0) is 31.2 Å². The van der Waals surface area contributed by atoms with Gasteiger partial charge in [0.2, 0.25) is 5.91 Å². The quantitative estimate of drug-likeness (QED) is 0.849. The molecule has 0 aliphatic heterocycles. The summed E-state index contributed by atoms with van der Waals surface area (Å²) >= 11 is 0. The minimum Gasteiger partial charge on any atom is -0.330 e. The zero-order valence-electron chi connectivity index (χ0n) is 11.1. The van der Waals surface area contributed by atoms with E-state index in [0.29, 0.717) is 18.7 Å². The minimum absolute atomic E-state index is 0.0214. The number of nitrogens with one attached hydrogen (secondary N) is 1. The highest BCUT2D eigenvalue weighted by molar-refractivity contribution is 5.91. The molecule has 1 aromatic heterocycles. The summed E-state index contributed by atoms with van der Waals surface area (Å²) in [6.45, 7) is 2.30. The topological polar surface area (TPSA) is 85.8 Å². The summed E-state index contributed by atoms with van der Waals surface area (Å²) in [6.07, 6.45) is 2.29. The Labute approximate surface area is 115 Å². The molecule has 0 atom stereocenters. The molecule has 0 aliphatic rings. The Bertz CT molecular complexity index is 611. The van der Waals surface area contributed by atoms with Crippen molar-refractivity contribution in [3.8, 4) is 0 Å². The van der Waals surface area contributed by atoms with Gasteiger partial charge >= 0.3 is 0 Å². The lowest BCUT2D eigenvalue weighted by Crippen LogP contribution is -2.19. The number of aromatic nitrogens is 3. The number of benzene rings is 1. The lowest BCUT2D eigenvalue weighted by molar-refractivity contribution is -0.116. The zero-order chi connectivity index (χ0) is 14.5. The summed E-state index contributed by atoms with van der Waals surface area (Å²) in [5.74, 6) is -0.681. The molecule has 6 nitrogen and oxygen atoms in total. The summed E-state index contributed by atoms with van der Waals surface area (Å²) in [7, 11) is 0. The first-order chi connectivity index (χ1) is 9.58. The Kier molecular flexibility index (Phi) is 4.41. The second-order valence-electron chi connectivity index (χ2n) is 4.45. The van der Waals surface area contributed by atoms with Crippen LogP contribution in [0.1, 0.15) is 11.3 Å². The third-order valence-corrected chi connectivity index (χ3v) is 2.77. The molecule has 0 saturated heterocycles. The molecule has 7 heteroatoms. The van der Waals surface area contributed by atoms with Gasteiger partial charge in [0, 0.05) is 18.3 Å². The van der Waals surface area contributed by atoms with E-state index in [4.69, 9.17) is 5.73 Å². The van der Waals surface area contributed by atoms with Gasteiger partial charge in [-0.2, -0.15) is 0 Å². The second kappa shape index (κ2) is 6.25. The van der Waals surface area contributed by atoms with Gasteiger partial charge in [0.25, 0.3) is 0 Å². The number of amides is 1. The Hall–Kier alpha value is -2.28. The van der Waals surface area contributed by atoms with Crippen LogP contribution in [-0.2, 0) is 17.8 Å². The van der Waals surface area contributed by atoms with Gasteiger partial charge in [-0.15, -0.1) is 5.10 Å². The molecule has 1 amide bonds. The molecule has 0 aliphatic carbocycles. The third-order valence-electron chi connectivity index (χ3n) is 2.77. The van der Waals surface area contributed by atoms with Crippen LogP contribution in [0.15, 0.2) is 24.4 Å². The van der Waals surface area contributed by atoms with E-state index in [0.717, 1.165) is 11.3 Å². The first kappa shape index (κ1) is 14.1. The van der Waals surface area contributed by atoms with E-state index in [1.54, 1.807) is 19.2 Å². The molecule has 2 aromatic rings. The first-order valence-corrected chi connectivity index (χ1v) is 6.23. The molecule has 106 valence electrons. The van der Waals surface area contributed by atoms with Crippen LogP contribution in [0.3, 0.4) is 0 Å². The molecular formula is C13H16FN5O. The van der Waals surface area contributed by atoms with Crippen molar-refractivity contribution >= 4 is 11.6 Å². The van der Waals surface area contributed by atoms with Crippen LogP contribution in [0.2, 0.25) is 0 Å². The monoisotopic (exact) mass is 277 g/mol. The van der Waals surface area contributed by atoms with Gasteiger partial charge in [-0.25, -0.2) is 9.07 Å². The van der Waals surface area contributed by atoms with E-state index in [-0.39, 0.29) is 12.5 Å². The number of nitrogens with two attached hydrogens (primary N) is 1.